The average molecular weight is 267 g/mol. The Morgan fingerprint density at radius 1 is 1.53 bits per heavy atom. The molecule has 0 aromatic heterocycles. The van der Waals surface area contributed by atoms with Crippen molar-refractivity contribution in [1.82, 2.24) is 5.32 Å². The number of nitro benzene ring substituents is 1. The van der Waals surface area contributed by atoms with E-state index in [1.165, 1.54) is 18.2 Å². The Morgan fingerprint density at radius 2 is 2.21 bits per heavy atom. The Morgan fingerprint density at radius 3 is 2.74 bits per heavy atom. The highest BCUT2D eigenvalue weighted by Gasteiger charge is 2.12. The maximum absolute atomic E-state index is 10.7. The molecule has 1 amide bonds. The first kappa shape index (κ1) is 14.9. The van der Waals surface area contributed by atoms with Crippen molar-refractivity contribution in [2.75, 3.05) is 6.61 Å². The number of amides is 1. The zero-order chi connectivity index (χ0) is 14.4. The van der Waals surface area contributed by atoms with Gasteiger partial charge < -0.3 is 15.8 Å². The summed E-state index contributed by atoms with van der Waals surface area (Å²) in [6.45, 7) is 4.07. The normalized spacial score (nSPS) is 10.5. The third-order valence-corrected chi connectivity index (χ3v) is 2.33. The minimum Gasteiger partial charge on any atom is -0.483 e. The molecule has 104 valence electrons. The van der Waals surface area contributed by atoms with Crippen LogP contribution in [0.5, 0.6) is 5.75 Å². The van der Waals surface area contributed by atoms with Crippen molar-refractivity contribution in [1.29, 1.82) is 0 Å². The second-order valence-electron chi connectivity index (χ2n) is 4.34. The number of benzene rings is 1. The first-order valence-corrected chi connectivity index (χ1v) is 5.82. The van der Waals surface area contributed by atoms with Gasteiger partial charge >= 0.3 is 0 Å². The number of ether oxygens (including phenoxy) is 1. The van der Waals surface area contributed by atoms with Crippen molar-refractivity contribution < 1.29 is 14.5 Å². The molecule has 0 unspecified atom stereocenters. The minimum atomic E-state index is -0.596. The van der Waals surface area contributed by atoms with Gasteiger partial charge in [0, 0.05) is 30.3 Å². The molecule has 0 bridgehead atoms. The lowest BCUT2D eigenvalue weighted by Crippen LogP contribution is -2.23. The third-order valence-electron chi connectivity index (χ3n) is 2.33. The van der Waals surface area contributed by atoms with E-state index in [2.05, 4.69) is 5.32 Å². The molecule has 19 heavy (non-hydrogen) atoms. The van der Waals surface area contributed by atoms with E-state index in [1.807, 2.05) is 13.8 Å². The lowest BCUT2D eigenvalue weighted by atomic mass is 10.1. The van der Waals surface area contributed by atoms with Gasteiger partial charge in [0.1, 0.15) is 5.75 Å². The van der Waals surface area contributed by atoms with Crippen molar-refractivity contribution in [3.63, 3.8) is 0 Å². The molecule has 0 atom stereocenters. The van der Waals surface area contributed by atoms with Gasteiger partial charge in [-0.15, -0.1) is 0 Å². The Balaban J connectivity index is 2.93. The number of non-ortho nitro benzene ring substituents is 1. The third kappa shape index (κ3) is 4.92. The molecule has 0 saturated carbocycles. The predicted molar refractivity (Wildman–Crippen MR) is 69.8 cm³/mol. The summed E-state index contributed by atoms with van der Waals surface area (Å²) in [5.41, 5.74) is 5.60. The van der Waals surface area contributed by atoms with Crippen LogP contribution >= 0.6 is 0 Å². The fourth-order valence-corrected chi connectivity index (χ4v) is 1.42. The Labute approximate surface area is 110 Å². The van der Waals surface area contributed by atoms with Crippen molar-refractivity contribution in [2.45, 2.75) is 26.4 Å². The van der Waals surface area contributed by atoms with Gasteiger partial charge in [0.15, 0.2) is 6.61 Å². The second-order valence-corrected chi connectivity index (χ2v) is 4.34. The van der Waals surface area contributed by atoms with Crippen LogP contribution < -0.4 is 15.8 Å². The molecule has 1 aromatic carbocycles. The van der Waals surface area contributed by atoms with E-state index in [0.29, 0.717) is 17.9 Å². The van der Waals surface area contributed by atoms with Crippen LogP contribution in [0, 0.1) is 10.1 Å². The van der Waals surface area contributed by atoms with E-state index in [1.54, 1.807) is 0 Å². The van der Waals surface area contributed by atoms with E-state index in [4.69, 9.17) is 10.5 Å². The molecule has 0 heterocycles. The van der Waals surface area contributed by atoms with Gasteiger partial charge in [-0.05, 0) is 6.07 Å². The quantitative estimate of drug-likeness (QED) is 0.565. The number of nitrogens with one attached hydrogen (secondary N) is 1. The summed E-state index contributed by atoms with van der Waals surface area (Å²) in [7, 11) is 0. The molecule has 1 aromatic rings. The molecule has 3 N–H and O–H groups in total. The number of nitrogens with two attached hydrogens (primary N) is 1. The number of primary amides is 1. The second kappa shape index (κ2) is 6.69. The first-order chi connectivity index (χ1) is 8.90. The first-order valence-electron chi connectivity index (χ1n) is 5.82. The monoisotopic (exact) mass is 267 g/mol. The molecule has 1 rings (SSSR count). The summed E-state index contributed by atoms with van der Waals surface area (Å²) < 4.78 is 5.23. The Kier molecular flexibility index (Phi) is 5.25. The molecular formula is C12H17N3O4. The summed E-state index contributed by atoms with van der Waals surface area (Å²) in [5.74, 6) is -0.182. The fraction of sp³-hybridized carbons (Fsp3) is 0.417. The number of carbonyl (C=O) groups is 1. The van der Waals surface area contributed by atoms with Crippen LogP contribution in [-0.4, -0.2) is 23.5 Å². The summed E-state index contributed by atoms with van der Waals surface area (Å²) >= 11 is 0. The van der Waals surface area contributed by atoms with Gasteiger partial charge in [0.05, 0.1) is 4.92 Å². The zero-order valence-corrected chi connectivity index (χ0v) is 10.9. The highest BCUT2D eigenvalue weighted by Crippen LogP contribution is 2.24. The van der Waals surface area contributed by atoms with Gasteiger partial charge in [0.2, 0.25) is 0 Å². The number of nitrogens with zero attached hydrogens (tertiary/aromatic N) is 1. The molecule has 0 aliphatic rings. The molecule has 0 aliphatic carbocycles. The maximum Gasteiger partial charge on any atom is 0.270 e. The molecule has 0 spiro atoms. The highest BCUT2D eigenvalue weighted by molar-refractivity contribution is 5.75. The summed E-state index contributed by atoms with van der Waals surface area (Å²) in [5, 5.41) is 13.9. The van der Waals surface area contributed by atoms with Crippen LogP contribution in [-0.2, 0) is 11.3 Å². The van der Waals surface area contributed by atoms with Crippen molar-refractivity contribution in [3.05, 3.63) is 33.9 Å². The fourth-order valence-electron chi connectivity index (χ4n) is 1.42. The van der Waals surface area contributed by atoms with Crippen LogP contribution in [0.1, 0.15) is 19.4 Å². The lowest BCUT2D eigenvalue weighted by Gasteiger charge is -2.12. The topological polar surface area (TPSA) is 107 Å². The zero-order valence-electron chi connectivity index (χ0n) is 10.9. The average Bonchev–Trinajstić information content (AvgIpc) is 2.33. The van der Waals surface area contributed by atoms with Gasteiger partial charge in [-0.1, -0.05) is 13.8 Å². The van der Waals surface area contributed by atoms with Gasteiger partial charge in [0.25, 0.3) is 11.6 Å². The van der Waals surface area contributed by atoms with Crippen molar-refractivity contribution >= 4 is 11.6 Å². The molecule has 7 nitrogen and oxygen atoms in total. The summed E-state index contributed by atoms with van der Waals surface area (Å²) in [6.07, 6.45) is 0. The number of carbonyl (C=O) groups excluding carboxylic acids is 1. The Bertz CT molecular complexity index is 474. The van der Waals surface area contributed by atoms with Crippen LogP contribution in [0.2, 0.25) is 0 Å². The van der Waals surface area contributed by atoms with Gasteiger partial charge in [-0.2, -0.15) is 0 Å². The van der Waals surface area contributed by atoms with Crippen molar-refractivity contribution in [2.24, 2.45) is 5.73 Å². The molecule has 7 heteroatoms. The number of rotatable bonds is 7. The molecule has 0 saturated heterocycles. The van der Waals surface area contributed by atoms with E-state index >= 15 is 0 Å². The predicted octanol–water partition coefficient (Wildman–Crippen LogP) is 0.957. The van der Waals surface area contributed by atoms with Crippen molar-refractivity contribution in [3.8, 4) is 5.75 Å². The SMILES string of the molecule is CC(C)NCc1cc([N+](=O)[O-])ccc1OCC(N)=O. The molecule has 0 aliphatic heterocycles. The minimum absolute atomic E-state index is 0.0213. The van der Waals surface area contributed by atoms with E-state index in [0.717, 1.165) is 0 Å². The standard InChI is InChI=1S/C12H17N3O4/c1-8(2)14-6-9-5-10(15(17)18)3-4-11(9)19-7-12(13)16/h3-5,8,14H,6-7H2,1-2H3,(H2,13,16). The Hall–Kier alpha value is -2.15. The van der Waals surface area contributed by atoms with E-state index in [9.17, 15) is 14.9 Å². The van der Waals surface area contributed by atoms with Crippen LogP contribution in [0.3, 0.4) is 0 Å². The van der Waals surface area contributed by atoms with Crippen LogP contribution in [0.15, 0.2) is 18.2 Å². The molecule has 0 fully saturated rings. The van der Waals surface area contributed by atoms with Crippen LogP contribution in [0.4, 0.5) is 5.69 Å². The lowest BCUT2D eigenvalue weighted by molar-refractivity contribution is -0.384. The van der Waals surface area contributed by atoms with Crippen LogP contribution in [0.25, 0.3) is 0 Å². The summed E-state index contributed by atoms with van der Waals surface area (Å²) in [4.78, 5) is 21.0. The van der Waals surface area contributed by atoms with Gasteiger partial charge in [-0.25, -0.2) is 0 Å². The highest BCUT2D eigenvalue weighted by atomic mass is 16.6. The summed E-state index contributed by atoms with van der Waals surface area (Å²) in [6, 6.07) is 4.45. The van der Waals surface area contributed by atoms with Gasteiger partial charge in [-0.3, -0.25) is 14.9 Å². The number of nitro groups is 1. The largest absolute Gasteiger partial charge is 0.483 e. The molecule has 0 radical (unpaired) electrons. The number of hydrogen-bond acceptors (Lipinski definition) is 5. The maximum atomic E-state index is 10.7. The smallest absolute Gasteiger partial charge is 0.270 e. The number of hydrogen-bond donors (Lipinski definition) is 2. The van der Waals surface area contributed by atoms with E-state index < -0.39 is 10.8 Å². The molecular weight excluding hydrogens is 250 g/mol. The van der Waals surface area contributed by atoms with E-state index in [-0.39, 0.29) is 18.3 Å².